The number of alkyl halides is 4. The topological polar surface area (TPSA) is 80.7 Å². The van der Waals surface area contributed by atoms with Gasteiger partial charge in [0.05, 0.1) is 49.1 Å². The van der Waals surface area contributed by atoms with Crippen LogP contribution in [0.3, 0.4) is 0 Å². The van der Waals surface area contributed by atoms with Crippen LogP contribution >= 0.6 is 11.6 Å². The van der Waals surface area contributed by atoms with E-state index in [1.165, 1.54) is 24.4 Å². The molecule has 0 saturated carbocycles. The van der Waals surface area contributed by atoms with E-state index in [0.29, 0.717) is 27.4 Å². The molecule has 2 aliphatic rings. The largest absolute Gasteiger partial charge is 0.481 e. The third-order valence-corrected chi connectivity index (χ3v) is 6.95. The first-order valence-corrected chi connectivity index (χ1v) is 12.4. The minimum Gasteiger partial charge on any atom is -0.481 e. The highest BCUT2D eigenvalue weighted by molar-refractivity contribution is 6.30. The van der Waals surface area contributed by atoms with Gasteiger partial charge in [-0.2, -0.15) is 13.2 Å². The van der Waals surface area contributed by atoms with Crippen LogP contribution in [0.1, 0.15) is 35.4 Å². The molecular formula is C26H24ClF4N5O3. The van der Waals surface area contributed by atoms with Gasteiger partial charge in [0, 0.05) is 23.5 Å². The summed E-state index contributed by atoms with van der Waals surface area (Å²) in [5.41, 5.74) is 1.15. The fourth-order valence-electron chi connectivity index (χ4n) is 4.74. The molecule has 1 aromatic carbocycles. The number of hydrogen-bond acceptors (Lipinski definition) is 7. The van der Waals surface area contributed by atoms with Crippen LogP contribution in [0.2, 0.25) is 5.02 Å². The van der Waals surface area contributed by atoms with Gasteiger partial charge in [0.2, 0.25) is 11.8 Å². The highest BCUT2D eigenvalue weighted by Gasteiger charge is 2.42. The standard InChI is InChI=1S/C26H24ClF4N5O3/c1-13-4-15(6-16(5-13)26(29,30)31)22-14(2)36(25(37)39-22)12-21-20(19-7-17(27)8-32-23(19)38-3)9-33-24(34-21)35-10-18(28)11-35/h4-9,14,18,22H,10-12H2,1-3H3/t14-,22-/m0/s1. The van der Waals surface area contributed by atoms with E-state index in [2.05, 4.69) is 15.0 Å². The predicted molar refractivity (Wildman–Crippen MR) is 134 cm³/mol. The highest BCUT2D eigenvalue weighted by Crippen LogP contribution is 2.39. The number of rotatable bonds is 6. The minimum atomic E-state index is -4.54. The Morgan fingerprint density at radius 3 is 2.54 bits per heavy atom. The minimum absolute atomic E-state index is 0.0676. The maximum Gasteiger partial charge on any atom is 0.416 e. The van der Waals surface area contributed by atoms with Crippen molar-refractivity contribution in [3.63, 3.8) is 0 Å². The average Bonchev–Trinajstić information content (AvgIpc) is 3.14. The molecule has 0 aliphatic carbocycles. The third kappa shape index (κ3) is 5.29. The Bertz CT molecular complexity index is 1420. The second kappa shape index (κ2) is 10.1. The van der Waals surface area contributed by atoms with Crippen molar-refractivity contribution >= 4 is 23.6 Å². The molecule has 2 aromatic heterocycles. The van der Waals surface area contributed by atoms with Crippen LogP contribution in [-0.2, 0) is 17.5 Å². The summed E-state index contributed by atoms with van der Waals surface area (Å²) >= 11 is 6.19. The summed E-state index contributed by atoms with van der Waals surface area (Å²) in [7, 11) is 1.44. The Balaban J connectivity index is 1.51. The number of benzene rings is 1. The van der Waals surface area contributed by atoms with Crippen molar-refractivity contribution in [1.82, 2.24) is 19.9 Å². The lowest BCUT2D eigenvalue weighted by Gasteiger charge is -2.34. The smallest absolute Gasteiger partial charge is 0.416 e. The molecule has 2 saturated heterocycles. The first-order valence-electron chi connectivity index (χ1n) is 12.1. The van der Waals surface area contributed by atoms with Crippen LogP contribution in [0.25, 0.3) is 11.1 Å². The number of aryl methyl sites for hydroxylation is 1. The van der Waals surface area contributed by atoms with Gasteiger partial charge in [0.15, 0.2) is 0 Å². The molecular weight excluding hydrogens is 542 g/mol. The summed E-state index contributed by atoms with van der Waals surface area (Å²) in [6.45, 7) is 3.45. The molecule has 2 aliphatic heterocycles. The van der Waals surface area contributed by atoms with Crippen molar-refractivity contribution in [1.29, 1.82) is 0 Å². The molecule has 5 rings (SSSR count). The Morgan fingerprint density at radius 2 is 1.87 bits per heavy atom. The molecule has 2 fully saturated rings. The fourth-order valence-corrected chi connectivity index (χ4v) is 4.89. The van der Waals surface area contributed by atoms with Gasteiger partial charge in [-0.15, -0.1) is 0 Å². The number of pyridine rings is 1. The SMILES string of the molecule is COc1ncc(Cl)cc1-c1cnc(N2CC(F)C2)nc1CN1C(=O)O[C@H](c2cc(C)cc(C(F)(F)F)c2)[C@@H]1C. The summed E-state index contributed by atoms with van der Waals surface area (Å²) < 4.78 is 64.8. The van der Waals surface area contributed by atoms with Gasteiger partial charge >= 0.3 is 12.3 Å². The van der Waals surface area contributed by atoms with Gasteiger partial charge in [-0.1, -0.05) is 23.2 Å². The lowest BCUT2D eigenvalue weighted by molar-refractivity contribution is -0.137. The number of halogens is 5. The van der Waals surface area contributed by atoms with Gasteiger partial charge < -0.3 is 14.4 Å². The Hall–Kier alpha value is -3.67. The number of ether oxygens (including phenoxy) is 2. The number of anilines is 1. The highest BCUT2D eigenvalue weighted by atomic mass is 35.5. The molecule has 206 valence electrons. The lowest BCUT2D eigenvalue weighted by Crippen LogP contribution is -2.49. The number of methoxy groups -OCH3 is 1. The number of nitrogens with zero attached hydrogens (tertiary/aromatic N) is 5. The van der Waals surface area contributed by atoms with Crippen molar-refractivity contribution in [2.75, 3.05) is 25.1 Å². The number of aromatic nitrogens is 3. The van der Waals surface area contributed by atoms with E-state index >= 15 is 0 Å². The van der Waals surface area contributed by atoms with Gasteiger partial charge in [0.1, 0.15) is 12.3 Å². The molecule has 39 heavy (non-hydrogen) atoms. The molecule has 0 spiro atoms. The van der Waals surface area contributed by atoms with Crippen molar-refractivity contribution in [3.05, 3.63) is 64.1 Å². The number of amides is 1. The van der Waals surface area contributed by atoms with Crippen molar-refractivity contribution in [2.45, 2.75) is 44.9 Å². The molecule has 8 nitrogen and oxygen atoms in total. The number of hydrogen-bond donors (Lipinski definition) is 0. The summed E-state index contributed by atoms with van der Waals surface area (Å²) in [5, 5.41) is 0.331. The second-order valence-corrected chi connectivity index (χ2v) is 9.98. The normalized spacial score (nSPS) is 19.7. The number of carbonyl (C=O) groups excluding carboxylic acids is 1. The Morgan fingerprint density at radius 1 is 1.13 bits per heavy atom. The molecule has 1 amide bonds. The van der Waals surface area contributed by atoms with E-state index in [4.69, 9.17) is 21.1 Å². The van der Waals surface area contributed by atoms with Crippen LogP contribution in [0.15, 0.2) is 36.7 Å². The molecule has 2 atom stereocenters. The van der Waals surface area contributed by atoms with E-state index in [1.54, 1.807) is 30.9 Å². The van der Waals surface area contributed by atoms with Gasteiger partial charge in [-0.3, -0.25) is 4.90 Å². The summed E-state index contributed by atoms with van der Waals surface area (Å²) in [6.07, 6.45) is -4.23. The van der Waals surface area contributed by atoms with Crippen LogP contribution < -0.4 is 9.64 Å². The fraction of sp³-hybridized carbons (Fsp3) is 0.385. The predicted octanol–water partition coefficient (Wildman–Crippen LogP) is 5.77. The Kier molecular flexibility index (Phi) is 7.00. The van der Waals surface area contributed by atoms with Crippen LogP contribution in [0.4, 0.5) is 28.3 Å². The molecule has 3 aromatic rings. The van der Waals surface area contributed by atoms with E-state index in [0.717, 1.165) is 12.1 Å². The van der Waals surface area contributed by atoms with Crippen LogP contribution in [0, 0.1) is 6.92 Å². The first kappa shape index (κ1) is 26.9. The lowest BCUT2D eigenvalue weighted by atomic mass is 9.98. The summed E-state index contributed by atoms with van der Waals surface area (Å²) in [4.78, 5) is 29.2. The quantitative estimate of drug-likeness (QED) is 0.351. The zero-order valence-corrected chi connectivity index (χ0v) is 21.9. The zero-order chi connectivity index (χ0) is 28.1. The van der Waals surface area contributed by atoms with Crippen LogP contribution in [0.5, 0.6) is 5.88 Å². The van der Waals surface area contributed by atoms with Crippen LogP contribution in [-0.4, -0.2) is 58.4 Å². The molecule has 0 radical (unpaired) electrons. The van der Waals surface area contributed by atoms with Crippen molar-refractivity contribution in [2.24, 2.45) is 0 Å². The number of carbonyl (C=O) groups is 1. The monoisotopic (exact) mass is 565 g/mol. The van der Waals surface area contributed by atoms with E-state index in [9.17, 15) is 22.4 Å². The summed E-state index contributed by atoms with van der Waals surface area (Å²) in [6, 6.07) is 4.60. The maximum atomic E-state index is 13.5. The van der Waals surface area contributed by atoms with Crippen molar-refractivity contribution < 1.29 is 31.8 Å². The molecule has 13 heteroatoms. The van der Waals surface area contributed by atoms with E-state index in [-0.39, 0.29) is 37.0 Å². The van der Waals surface area contributed by atoms with Gasteiger partial charge in [0.25, 0.3) is 0 Å². The first-order chi connectivity index (χ1) is 18.4. The van der Waals surface area contributed by atoms with Gasteiger partial charge in [-0.05, 0) is 37.6 Å². The summed E-state index contributed by atoms with van der Waals surface area (Å²) in [5.74, 6) is 0.529. The molecule has 0 N–H and O–H groups in total. The average molecular weight is 566 g/mol. The molecule has 0 bridgehead atoms. The Labute approximate surface area is 226 Å². The van der Waals surface area contributed by atoms with Crippen molar-refractivity contribution in [3.8, 4) is 17.0 Å². The zero-order valence-electron chi connectivity index (χ0n) is 21.2. The molecule has 4 heterocycles. The van der Waals surface area contributed by atoms with Gasteiger partial charge in [-0.25, -0.2) is 24.1 Å². The third-order valence-electron chi connectivity index (χ3n) is 6.74. The second-order valence-electron chi connectivity index (χ2n) is 9.55. The number of cyclic esters (lactones) is 1. The van der Waals surface area contributed by atoms with E-state index in [1.807, 2.05) is 0 Å². The maximum absolute atomic E-state index is 13.5. The molecule has 0 unspecified atom stereocenters. The van der Waals surface area contributed by atoms with E-state index < -0.39 is 36.2 Å².